The Bertz CT molecular complexity index is 81.2. The summed E-state index contributed by atoms with van der Waals surface area (Å²) in [6, 6.07) is 0. The Morgan fingerprint density at radius 2 is 1.80 bits per heavy atom. The molecular weight excluding hydrogens is 139 g/mol. The lowest BCUT2D eigenvalue weighted by molar-refractivity contribution is 0.339. The molecule has 0 nitrogen and oxygen atoms in total. The van der Waals surface area contributed by atoms with Crippen LogP contribution in [0, 0.1) is 11.3 Å². The standard InChI is InChI=1S/C9H21P/c1-8(7-10)5-6-9(2,3)4/h8H,5-7,10H2,1-4H3. The van der Waals surface area contributed by atoms with Crippen LogP contribution in [-0.2, 0) is 0 Å². The zero-order valence-corrected chi connectivity index (χ0v) is 8.93. The van der Waals surface area contributed by atoms with E-state index in [4.69, 9.17) is 0 Å². The van der Waals surface area contributed by atoms with E-state index in [1.807, 2.05) is 0 Å². The van der Waals surface area contributed by atoms with Gasteiger partial charge in [-0.05, 0) is 30.3 Å². The Kier molecular flexibility index (Phi) is 4.52. The van der Waals surface area contributed by atoms with Gasteiger partial charge in [0.2, 0.25) is 0 Å². The average Bonchev–Trinajstić information content (AvgIpc) is 1.81. The molecular formula is C9H21P. The SMILES string of the molecule is CC(CP)CCC(C)(C)C. The van der Waals surface area contributed by atoms with E-state index in [0.29, 0.717) is 5.41 Å². The molecule has 0 aromatic carbocycles. The van der Waals surface area contributed by atoms with Crippen LogP contribution in [0.15, 0.2) is 0 Å². The van der Waals surface area contributed by atoms with E-state index in [0.717, 1.165) is 5.92 Å². The molecule has 0 amide bonds. The van der Waals surface area contributed by atoms with E-state index in [-0.39, 0.29) is 0 Å². The van der Waals surface area contributed by atoms with Crippen LogP contribution in [0.4, 0.5) is 0 Å². The minimum Gasteiger partial charge on any atom is -0.137 e. The van der Waals surface area contributed by atoms with E-state index in [9.17, 15) is 0 Å². The molecule has 0 bridgehead atoms. The van der Waals surface area contributed by atoms with Crippen molar-refractivity contribution in [3.63, 3.8) is 0 Å². The topological polar surface area (TPSA) is 0 Å². The molecule has 2 unspecified atom stereocenters. The average molecular weight is 160 g/mol. The molecule has 62 valence electrons. The van der Waals surface area contributed by atoms with Crippen LogP contribution in [0.5, 0.6) is 0 Å². The first kappa shape index (κ1) is 10.4. The van der Waals surface area contributed by atoms with Gasteiger partial charge in [-0.15, -0.1) is 9.24 Å². The van der Waals surface area contributed by atoms with Crippen molar-refractivity contribution >= 4 is 9.24 Å². The highest BCUT2D eigenvalue weighted by atomic mass is 31.0. The molecule has 0 saturated heterocycles. The van der Waals surface area contributed by atoms with Crippen LogP contribution < -0.4 is 0 Å². The number of rotatable bonds is 3. The van der Waals surface area contributed by atoms with Gasteiger partial charge in [-0.1, -0.05) is 27.7 Å². The molecule has 0 aliphatic rings. The zero-order valence-electron chi connectivity index (χ0n) is 7.78. The Balaban J connectivity index is 3.36. The van der Waals surface area contributed by atoms with Crippen LogP contribution in [0.2, 0.25) is 0 Å². The molecule has 0 spiro atoms. The second kappa shape index (κ2) is 4.34. The van der Waals surface area contributed by atoms with Crippen molar-refractivity contribution in [2.75, 3.05) is 6.16 Å². The molecule has 0 saturated carbocycles. The zero-order chi connectivity index (χ0) is 8.20. The number of hydrogen-bond donors (Lipinski definition) is 0. The van der Waals surface area contributed by atoms with Gasteiger partial charge in [0.1, 0.15) is 0 Å². The Labute approximate surface area is 68.0 Å². The van der Waals surface area contributed by atoms with Crippen molar-refractivity contribution in [3.8, 4) is 0 Å². The van der Waals surface area contributed by atoms with Gasteiger partial charge in [0.05, 0.1) is 0 Å². The summed E-state index contributed by atoms with van der Waals surface area (Å²) in [4.78, 5) is 0. The van der Waals surface area contributed by atoms with Gasteiger partial charge < -0.3 is 0 Å². The van der Waals surface area contributed by atoms with Gasteiger partial charge in [0, 0.05) is 0 Å². The first-order valence-electron chi connectivity index (χ1n) is 4.16. The van der Waals surface area contributed by atoms with E-state index in [2.05, 4.69) is 36.9 Å². The van der Waals surface area contributed by atoms with E-state index < -0.39 is 0 Å². The maximum absolute atomic E-state index is 2.81. The fourth-order valence-electron chi connectivity index (χ4n) is 0.797. The van der Waals surface area contributed by atoms with Crippen molar-refractivity contribution in [1.82, 2.24) is 0 Å². The molecule has 0 radical (unpaired) electrons. The molecule has 2 atom stereocenters. The smallest absolute Gasteiger partial charge is 0.0355 e. The fraction of sp³-hybridized carbons (Fsp3) is 1.00. The summed E-state index contributed by atoms with van der Waals surface area (Å²) in [5.74, 6) is 0.879. The van der Waals surface area contributed by atoms with E-state index >= 15 is 0 Å². The molecule has 0 aromatic heterocycles. The largest absolute Gasteiger partial charge is 0.137 e. The molecule has 0 aliphatic carbocycles. The highest BCUT2D eigenvalue weighted by molar-refractivity contribution is 7.16. The second-order valence-corrected chi connectivity index (χ2v) is 4.91. The lowest BCUT2D eigenvalue weighted by atomic mass is 9.88. The molecule has 0 aliphatic heterocycles. The highest BCUT2D eigenvalue weighted by Crippen LogP contribution is 2.23. The Hall–Kier alpha value is 0.430. The van der Waals surface area contributed by atoms with E-state index in [1.165, 1.54) is 19.0 Å². The lowest BCUT2D eigenvalue weighted by Gasteiger charge is -2.19. The minimum atomic E-state index is 0.522. The van der Waals surface area contributed by atoms with Gasteiger partial charge in [-0.2, -0.15) is 0 Å². The van der Waals surface area contributed by atoms with Crippen molar-refractivity contribution in [2.24, 2.45) is 11.3 Å². The minimum absolute atomic E-state index is 0.522. The third-order valence-electron chi connectivity index (χ3n) is 1.79. The van der Waals surface area contributed by atoms with Crippen LogP contribution in [0.1, 0.15) is 40.5 Å². The fourth-order valence-corrected chi connectivity index (χ4v) is 1.03. The van der Waals surface area contributed by atoms with Crippen LogP contribution in [-0.4, -0.2) is 6.16 Å². The summed E-state index contributed by atoms with van der Waals surface area (Å²) in [6.07, 6.45) is 3.96. The first-order chi connectivity index (χ1) is 4.45. The lowest BCUT2D eigenvalue weighted by Crippen LogP contribution is -2.07. The van der Waals surface area contributed by atoms with Crippen LogP contribution in [0.3, 0.4) is 0 Å². The molecule has 0 N–H and O–H groups in total. The van der Waals surface area contributed by atoms with Gasteiger partial charge >= 0.3 is 0 Å². The summed E-state index contributed by atoms with van der Waals surface area (Å²) >= 11 is 0. The monoisotopic (exact) mass is 160 g/mol. The maximum atomic E-state index is 2.81. The first-order valence-corrected chi connectivity index (χ1v) is 4.97. The van der Waals surface area contributed by atoms with Crippen molar-refractivity contribution in [2.45, 2.75) is 40.5 Å². The van der Waals surface area contributed by atoms with Gasteiger partial charge in [-0.25, -0.2) is 0 Å². The van der Waals surface area contributed by atoms with Crippen molar-refractivity contribution in [3.05, 3.63) is 0 Å². The van der Waals surface area contributed by atoms with Crippen molar-refractivity contribution < 1.29 is 0 Å². The van der Waals surface area contributed by atoms with E-state index in [1.54, 1.807) is 0 Å². The third-order valence-corrected chi connectivity index (χ3v) is 2.59. The van der Waals surface area contributed by atoms with Gasteiger partial charge in [0.25, 0.3) is 0 Å². The molecule has 10 heavy (non-hydrogen) atoms. The van der Waals surface area contributed by atoms with Gasteiger partial charge in [-0.3, -0.25) is 0 Å². The summed E-state index contributed by atoms with van der Waals surface area (Å²) in [7, 11) is 2.81. The molecule has 0 rings (SSSR count). The summed E-state index contributed by atoms with van der Waals surface area (Å²) in [6.45, 7) is 9.24. The highest BCUT2D eigenvalue weighted by Gasteiger charge is 2.11. The predicted molar refractivity (Wildman–Crippen MR) is 52.4 cm³/mol. The molecule has 1 heteroatoms. The summed E-state index contributed by atoms with van der Waals surface area (Å²) in [5, 5.41) is 0. The quantitative estimate of drug-likeness (QED) is 0.555. The van der Waals surface area contributed by atoms with Crippen LogP contribution in [0.25, 0.3) is 0 Å². The molecule has 0 fully saturated rings. The predicted octanol–water partition coefficient (Wildman–Crippen LogP) is 3.32. The number of hydrogen-bond acceptors (Lipinski definition) is 0. The molecule has 0 heterocycles. The van der Waals surface area contributed by atoms with Crippen LogP contribution >= 0.6 is 9.24 Å². The maximum Gasteiger partial charge on any atom is -0.0355 e. The third kappa shape index (κ3) is 6.55. The van der Waals surface area contributed by atoms with Crippen molar-refractivity contribution in [1.29, 1.82) is 0 Å². The summed E-state index contributed by atoms with van der Waals surface area (Å²) < 4.78 is 0. The molecule has 0 aromatic rings. The second-order valence-electron chi connectivity index (χ2n) is 4.44. The summed E-state index contributed by atoms with van der Waals surface area (Å²) in [5.41, 5.74) is 0.522. The Morgan fingerprint density at radius 1 is 1.30 bits per heavy atom. The normalized spacial score (nSPS) is 15.3. The Morgan fingerprint density at radius 3 is 2.10 bits per heavy atom. The van der Waals surface area contributed by atoms with Gasteiger partial charge in [0.15, 0.2) is 0 Å².